The Balaban J connectivity index is 2.67. The maximum absolute atomic E-state index is 9.45. The molecule has 0 saturated carbocycles. The first-order valence-corrected chi connectivity index (χ1v) is 3.60. The summed E-state index contributed by atoms with van der Waals surface area (Å²) in [5, 5.41) is 9.45. The molecular weight excluding hydrogens is 142 g/mol. The van der Waals surface area contributed by atoms with Crippen LogP contribution in [0.4, 0.5) is 0 Å². The lowest BCUT2D eigenvalue weighted by molar-refractivity contribution is 0.162. The average molecular weight is 155 g/mol. The SMILES string of the molecule is Cn1cncc1[C@@H](O)CCN. The first-order valence-electron chi connectivity index (χ1n) is 3.60. The summed E-state index contributed by atoms with van der Waals surface area (Å²) in [7, 11) is 1.85. The standard InChI is InChI=1S/C7H13N3O/c1-10-5-9-4-6(10)7(11)2-3-8/h4-5,7,11H,2-3,8H2,1H3/t7-/m0/s1. The Morgan fingerprint density at radius 1 is 1.82 bits per heavy atom. The number of aliphatic hydroxyl groups is 1. The molecular formula is C7H13N3O. The van der Waals surface area contributed by atoms with E-state index in [4.69, 9.17) is 5.73 Å². The Morgan fingerprint density at radius 2 is 2.55 bits per heavy atom. The average Bonchev–Trinajstić information content (AvgIpc) is 2.36. The lowest BCUT2D eigenvalue weighted by atomic mass is 10.2. The van der Waals surface area contributed by atoms with Crippen LogP contribution in [0.2, 0.25) is 0 Å². The molecule has 0 aliphatic rings. The number of hydrogen-bond acceptors (Lipinski definition) is 3. The lowest BCUT2D eigenvalue weighted by Crippen LogP contribution is -2.09. The molecule has 0 aliphatic carbocycles. The molecule has 0 unspecified atom stereocenters. The largest absolute Gasteiger partial charge is 0.387 e. The van der Waals surface area contributed by atoms with E-state index >= 15 is 0 Å². The summed E-state index contributed by atoms with van der Waals surface area (Å²) in [6.45, 7) is 0.492. The van der Waals surface area contributed by atoms with Crippen molar-refractivity contribution in [3.05, 3.63) is 18.2 Å². The van der Waals surface area contributed by atoms with Crippen molar-refractivity contribution in [3.8, 4) is 0 Å². The normalized spacial score (nSPS) is 13.4. The van der Waals surface area contributed by atoms with E-state index in [1.165, 1.54) is 0 Å². The summed E-state index contributed by atoms with van der Waals surface area (Å²) in [4.78, 5) is 3.89. The van der Waals surface area contributed by atoms with Crippen molar-refractivity contribution >= 4 is 0 Å². The number of aromatic nitrogens is 2. The molecule has 0 spiro atoms. The van der Waals surface area contributed by atoms with E-state index in [1.54, 1.807) is 17.1 Å². The van der Waals surface area contributed by atoms with Gasteiger partial charge in [-0.05, 0) is 13.0 Å². The fourth-order valence-electron chi connectivity index (χ4n) is 0.994. The van der Waals surface area contributed by atoms with Crippen molar-refractivity contribution in [2.75, 3.05) is 6.54 Å². The third-order valence-electron chi connectivity index (χ3n) is 1.64. The Bertz CT molecular complexity index is 221. The predicted molar refractivity (Wildman–Crippen MR) is 41.8 cm³/mol. The van der Waals surface area contributed by atoms with Gasteiger partial charge in [-0.15, -0.1) is 0 Å². The van der Waals surface area contributed by atoms with E-state index in [-0.39, 0.29) is 0 Å². The number of rotatable bonds is 3. The van der Waals surface area contributed by atoms with E-state index < -0.39 is 6.10 Å². The Kier molecular flexibility index (Phi) is 2.62. The Labute approximate surface area is 65.7 Å². The maximum atomic E-state index is 9.45. The number of nitrogens with two attached hydrogens (primary N) is 1. The number of aliphatic hydroxyl groups excluding tert-OH is 1. The van der Waals surface area contributed by atoms with Crippen molar-refractivity contribution in [2.24, 2.45) is 12.8 Å². The van der Waals surface area contributed by atoms with E-state index in [0.29, 0.717) is 13.0 Å². The van der Waals surface area contributed by atoms with Gasteiger partial charge in [-0.3, -0.25) is 0 Å². The summed E-state index contributed by atoms with van der Waals surface area (Å²) >= 11 is 0. The summed E-state index contributed by atoms with van der Waals surface area (Å²) < 4.78 is 1.79. The van der Waals surface area contributed by atoms with Crippen LogP contribution in [-0.2, 0) is 7.05 Å². The molecule has 1 heterocycles. The minimum absolute atomic E-state index is 0.479. The molecule has 0 aromatic carbocycles. The van der Waals surface area contributed by atoms with Gasteiger partial charge in [0.05, 0.1) is 24.3 Å². The Morgan fingerprint density at radius 3 is 3.00 bits per heavy atom. The molecule has 1 atom stereocenters. The van der Waals surface area contributed by atoms with Gasteiger partial charge in [-0.25, -0.2) is 4.98 Å². The first-order chi connectivity index (χ1) is 5.25. The van der Waals surface area contributed by atoms with Gasteiger partial charge in [-0.1, -0.05) is 0 Å². The molecule has 0 saturated heterocycles. The molecule has 0 aliphatic heterocycles. The van der Waals surface area contributed by atoms with Gasteiger partial charge in [0.1, 0.15) is 0 Å². The highest BCUT2D eigenvalue weighted by atomic mass is 16.3. The molecule has 0 bridgehead atoms. The molecule has 1 aromatic rings. The molecule has 4 nitrogen and oxygen atoms in total. The smallest absolute Gasteiger partial charge is 0.0967 e. The van der Waals surface area contributed by atoms with Crippen LogP contribution in [0.25, 0.3) is 0 Å². The summed E-state index contributed by atoms with van der Waals surface area (Å²) in [6, 6.07) is 0. The van der Waals surface area contributed by atoms with Gasteiger partial charge in [-0.2, -0.15) is 0 Å². The van der Waals surface area contributed by atoms with Gasteiger partial charge in [0.2, 0.25) is 0 Å². The topological polar surface area (TPSA) is 64.1 Å². The van der Waals surface area contributed by atoms with Crippen LogP contribution in [-0.4, -0.2) is 21.2 Å². The first kappa shape index (κ1) is 8.23. The van der Waals surface area contributed by atoms with Gasteiger partial charge in [0, 0.05) is 7.05 Å². The van der Waals surface area contributed by atoms with Crippen molar-refractivity contribution in [1.82, 2.24) is 9.55 Å². The van der Waals surface area contributed by atoms with Crippen LogP contribution < -0.4 is 5.73 Å². The monoisotopic (exact) mass is 155 g/mol. The maximum Gasteiger partial charge on any atom is 0.0967 e. The van der Waals surface area contributed by atoms with Crippen molar-refractivity contribution in [1.29, 1.82) is 0 Å². The number of imidazole rings is 1. The zero-order chi connectivity index (χ0) is 8.27. The molecule has 11 heavy (non-hydrogen) atoms. The third-order valence-corrected chi connectivity index (χ3v) is 1.64. The van der Waals surface area contributed by atoms with Crippen LogP contribution in [0.5, 0.6) is 0 Å². The molecule has 1 aromatic heterocycles. The van der Waals surface area contributed by atoms with E-state index in [2.05, 4.69) is 4.98 Å². The quantitative estimate of drug-likeness (QED) is 0.635. The zero-order valence-corrected chi connectivity index (χ0v) is 6.57. The molecule has 62 valence electrons. The molecule has 0 amide bonds. The minimum Gasteiger partial charge on any atom is -0.387 e. The zero-order valence-electron chi connectivity index (χ0n) is 6.57. The van der Waals surface area contributed by atoms with Crippen molar-refractivity contribution < 1.29 is 5.11 Å². The number of nitrogens with zero attached hydrogens (tertiary/aromatic N) is 2. The van der Waals surface area contributed by atoms with E-state index in [9.17, 15) is 5.11 Å². The van der Waals surface area contributed by atoms with E-state index in [1.807, 2.05) is 7.05 Å². The number of aryl methyl sites for hydroxylation is 1. The molecule has 0 radical (unpaired) electrons. The van der Waals surface area contributed by atoms with Gasteiger partial charge >= 0.3 is 0 Å². The number of hydrogen-bond donors (Lipinski definition) is 2. The second-order valence-electron chi connectivity index (χ2n) is 2.52. The van der Waals surface area contributed by atoms with Gasteiger partial charge in [0.25, 0.3) is 0 Å². The predicted octanol–water partition coefficient (Wildman–Crippen LogP) is -0.198. The fraction of sp³-hybridized carbons (Fsp3) is 0.571. The van der Waals surface area contributed by atoms with Crippen LogP contribution in [0.3, 0.4) is 0 Å². The van der Waals surface area contributed by atoms with Crippen LogP contribution in [0.15, 0.2) is 12.5 Å². The minimum atomic E-state index is -0.479. The molecule has 4 heteroatoms. The summed E-state index contributed by atoms with van der Waals surface area (Å²) in [6.07, 6.45) is 3.42. The molecule has 1 rings (SSSR count). The highest BCUT2D eigenvalue weighted by Gasteiger charge is 2.08. The van der Waals surface area contributed by atoms with Crippen LogP contribution in [0.1, 0.15) is 18.2 Å². The van der Waals surface area contributed by atoms with Crippen molar-refractivity contribution in [3.63, 3.8) is 0 Å². The van der Waals surface area contributed by atoms with Crippen LogP contribution >= 0.6 is 0 Å². The molecule has 3 N–H and O–H groups in total. The highest BCUT2D eigenvalue weighted by molar-refractivity contribution is 5.01. The summed E-state index contributed by atoms with van der Waals surface area (Å²) in [5.74, 6) is 0. The second kappa shape index (κ2) is 3.50. The second-order valence-corrected chi connectivity index (χ2v) is 2.52. The van der Waals surface area contributed by atoms with Gasteiger partial charge in [0.15, 0.2) is 0 Å². The lowest BCUT2D eigenvalue weighted by Gasteiger charge is -2.08. The summed E-state index contributed by atoms with van der Waals surface area (Å²) in [5.41, 5.74) is 6.11. The highest BCUT2D eigenvalue weighted by Crippen LogP contribution is 2.13. The van der Waals surface area contributed by atoms with Crippen molar-refractivity contribution in [2.45, 2.75) is 12.5 Å². The van der Waals surface area contributed by atoms with E-state index in [0.717, 1.165) is 5.69 Å². The van der Waals surface area contributed by atoms with Gasteiger partial charge < -0.3 is 15.4 Å². The fourth-order valence-corrected chi connectivity index (χ4v) is 0.994. The third kappa shape index (κ3) is 1.78. The molecule has 0 fully saturated rings. The Hall–Kier alpha value is -0.870. The van der Waals surface area contributed by atoms with Crippen LogP contribution in [0, 0.1) is 0 Å².